The molecule has 106 valence electrons. The van der Waals surface area contributed by atoms with Crippen LogP contribution in [0.2, 0.25) is 0 Å². The van der Waals surface area contributed by atoms with Gasteiger partial charge >= 0.3 is 6.09 Å². The molecule has 2 rings (SSSR count). The Hall–Kier alpha value is -1.52. The van der Waals surface area contributed by atoms with E-state index >= 15 is 0 Å². The number of hydrogen-bond donors (Lipinski definition) is 0. The summed E-state index contributed by atoms with van der Waals surface area (Å²) in [5.41, 5.74) is -0.422. The normalized spacial score (nSPS) is 19.8. The summed E-state index contributed by atoms with van der Waals surface area (Å²) in [5, 5.41) is 0. The first-order chi connectivity index (χ1) is 8.85. The fraction of sp³-hybridized carbons (Fsp3) is 0.714. The minimum atomic E-state index is -0.422. The largest absolute Gasteiger partial charge is 0.444 e. The number of aromatic nitrogens is 2. The Balaban J connectivity index is 1.86. The van der Waals surface area contributed by atoms with Gasteiger partial charge in [0, 0.05) is 39.0 Å². The smallest absolute Gasteiger partial charge is 0.410 e. The van der Waals surface area contributed by atoms with Crippen LogP contribution in [0.1, 0.15) is 33.0 Å². The van der Waals surface area contributed by atoms with Crippen LogP contribution in [0, 0.1) is 5.92 Å². The van der Waals surface area contributed by atoms with Crippen molar-refractivity contribution >= 4 is 6.09 Å². The molecule has 0 bridgehead atoms. The molecule has 1 saturated heterocycles. The van der Waals surface area contributed by atoms with Crippen molar-refractivity contribution in [3.05, 3.63) is 18.2 Å². The molecule has 0 radical (unpaired) electrons. The highest BCUT2D eigenvalue weighted by Gasteiger charge is 2.30. The maximum absolute atomic E-state index is 12.0. The predicted molar refractivity (Wildman–Crippen MR) is 72.8 cm³/mol. The van der Waals surface area contributed by atoms with Crippen LogP contribution in [-0.2, 0) is 18.2 Å². The number of imidazole rings is 1. The maximum Gasteiger partial charge on any atom is 0.410 e. The molecule has 0 aliphatic carbocycles. The molecular weight excluding hydrogens is 242 g/mol. The van der Waals surface area contributed by atoms with E-state index < -0.39 is 5.60 Å². The fourth-order valence-electron chi connectivity index (χ4n) is 2.34. The van der Waals surface area contributed by atoms with Crippen LogP contribution in [-0.4, -0.2) is 39.2 Å². The number of amides is 1. The van der Waals surface area contributed by atoms with Crippen molar-refractivity contribution in [3.8, 4) is 0 Å². The first-order valence-corrected chi connectivity index (χ1v) is 6.79. The highest BCUT2D eigenvalue weighted by Crippen LogP contribution is 2.22. The molecule has 1 atom stereocenters. The number of hydrogen-bond acceptors (Lipinski definition) is 3. The molecule has 0 saturated carbocycles. The second-order valence-electron chi connectivity index (χ2n) is 6.24. The van der Waals surface area contributed by atoms with Crippen molar-refractivity contribution in [1.82, 2.24) is 14.5 Å². The quantitative estimate of drug-likeness (QED) is 0.823. The fourth-order valence-corrected chi connectivity index (χ4v) is 2.34. The molecule has 0 aromatic carbocycles. The second kappa shape index (κ2) is 5.23. The summed E-state index contributed by atoms with van der Waals surface area (Å²) in [6, 6.07) is 0. The molecule has 5 nitrogen and oxygen atoms in total. The number of carbonyl (C=O) groups is 1. The van der Waals surface area contributed by atoms with Gasteiger partial charge in [-0.05, 0) is 33.1 Å². The van der Waals surface area contributed by atoms with Gasteiger partial charge in [0.25, 0.3) is 0 Å². The Morgan fingerprint density at radius 2 is 2.26 bits per heavy atom. The molecule has 0 spiro atoms. The highest BCUT2D eigenvalue weighted by atomic mass is 16.6. The molecule has 1 aromatic heterocycles. The predicted octanol–water partition coefficient (Wildman–Crippen LogP) is 2.22. The molecule has 0 N–H and O–H groups in total. The number of ether oxygens (including phenoxy) is 1. The van der Waals surface area contributed by atoms with Crippen LogP contribution in [0.5, 0.6) is 0 Å². The summed E-state index contributed by atoms with van der Waals surface area (Å²) in [4.78, 5) is 18.1. The number of likely N-dealkylation sites (tertiary alicyclic amines) is 1. The van der Waals surface area contributed by atoms with Crippen molar-refractivity contribution in [1.29, 1.82) is 0 Å². The van der Waals surface area contributed by atoms with Gasteiger partial charge in [-0.25, -0.2) is 9.78 Å². The van der Waals surface area contributed by atoms with Crippen molar-refractivity contribution in [2.24, 2.45) is 13.0 Å². The number of rotatable bonds is 2. The highest BCUT2D eigenvalue weighted by molar-refractivity contribution is 5.68. The standard InChI is InChI=1S/C14H23N3O2/c1-14(2,3)19-13(18)17-7-5-11(10-17)9-12-15-6-8-16(12)4/h6,8,11H,5,7,9-10H2,1-4H3/t11-/m0/s1. The molecule has 2 heterocycles. The molecule has 1 amide bonds. The molecule has 5 heteroatoms. The average molecular weight is 265 g/mol. The van der Waals surface area contributed by atoms with Crippen molar-refractivity contribution in [2.75, 3.05) is 13.1 Å². The first-order valence-electron chi connectivity index (χ1n) is 6.79. The molecule has 0 unspecified atom stereocenters. The number of aryl methyl sites for hydroxylation is 1. The van der Waals surface area contributed by atoms with Crippen molar-refractivity contribution < 1.29 is 9.53 Å². The Morgan fingerprint density at radius 3 is 2.84 bits per heavy atom. The van der Waals surface area contributed by atoms with Gasteiger partial charge in [0.2, 0.25) is 0 Å². The van der Waals surface area contributed by atoms with E-state index in [2.05, 4.69) is 4.98 Å². The minimum absolute atomic E-state index is 0.199. The van der Waals surface area contributed by atoms with Crippen LogP contribution in [0.15, 0.2) is 12.4 Å². The van der Waals surface area contributed by atoms with Crippen molar-refractivity contribution in [3.63, 3.8) is 0 Å². The van der Waals surface area contributed by atoms with E-state index in [-0.39, 0.29) is 6.09 Å². The van der Waals surface area contributed by atoms with Gasteiger partial charge in [-0.2, -0.15) is 0 Å². The monoisotopic (exact) mass is 265 g/mol. The zero-order valence-corrected chi connectivity index (χ0v) is 12.2. The minimum Gasteiger partial charge on any atom is -0.444 e. The summed E-state index contributed by atoms with van der Waals surface area (Å²) >= 11 is 0. The third kappa shape index (κ3) is 3.72. The van der Waals surface area contributed by atoms with E-state index in [4.69, 9.17) is 4.74 Å². The molecular formula is C14H23N3O2. The third-order valence-electron chi connectivity index (χ3n) is 3.33. The Morgan fingerprint density at radius 1 is 1.53 bits per heavy atom. The summed E-state index contributed by atoms with van der Waals surface area (Å²) < 4.78 is 7.43. The summed E-state index contributed by atoms with van der Waals surface area (Å²) in [6.45, 7) is 7.23. The van der Waals surface area contributed by atoms with Gasteiger partial charge in [0.15, 0.2) is 0 Å². The Labute approximate surface area is 114 Å². The van der Waals surface area contributed by atoms with Gasteiger partial charge in [0.1, 0.15) is 11.4 Å². The lowest BCUT2D eigenvalue weighted by Crippen LogP contribution is -2.35. The van der Waals surface area contributed by atoms with Crippen LogP contribution in [0.25, 0.3) is 0 Å². The van der Waals surface area contributed by atoms with Crippen LogP contribution in [0.3, 0.4) is 0 Å². The van der Waals surface area contributed by atoms with Gasteiger partial charge in [-0.3, -0.25) is 0 Å². The summed E-state index contributed by atoms with van der Waals surface area (Å²) in [7, 11) is 2.00. The van der Waals surface area contributed by atoms with Crippen LogP contribution < -0.4 is 0 Å². The first kappa shape index (κ1) is 13.9. The zero-order valence-electron chi connectivity index (χ0n) is 12.2. The van der Waals surface area contributed by atoms with Crippen LogP contribution in [0.4, 0.5) is 4.79 Å². The van der Waals surface area contributed by atoms with E-state index in [1.54, 1.807) is 4.90 Å². The Kier molecular flexibility index (Phi) is 3.83. The van der Waals surface area contributed by atoms with Gasteiger partial charge in [0.05, 0.1) is 0 Å². The van der Waals surface area contributed by atoms with E-state index in [1.165, 1.54) is 0 Å². The average Bonchev–Trinajstić information content (AvgIpc) is 2.87. The lowest BCUT2D eigenvalue weighted by Gasteiger charge is -2.24. The lowest BCUT2D eigenvalue weighted by molar-refractivity contribution is 0.0288. The third-order valence-corrected chi connectivity index (χ3v) is 3.33. The SMILES string of the molecule is Cn1ccnc1C[C@@H]1CCN(C(=O)OC(C)(C)C)C1. The molecule has 1 fully saturated rings. The zero-order chi connectivity index (χ0) is 14.0. The van der Waals surface area contributed by atoms with Gasteiger partial charge in [-0.15, -0.1) is 0 Å². The molecule has 19 heavy (non-hydrogen) atoms. The Bertz CT molecular complexity index is 448. The van der Waals surface area contributed by atoms with Crippen LogP contribution >= 0.6 is 0 Å². The molecule has 1 aliphatic heterocycles. The van der Waals surface area contributed by atoms with Gasteiger partial charge in [-0.1, -0.05) is 0 Å². The summed E-state index contributed by atoms with van der Waals surface area (Å²) in [5.74, 6) is 1.56. The number of nitrogens with zero attached hydrogens (tertiary/aromatic N) is 3. The summed E-state index contributed by atoms with van der Waals surface area (Å²) in [6.07, 6.45) is 5.51. The van der Waals surface area contributed by atoms with E-state index in [1.807, 2.05) is 44.8 Å². The van der Waals surface area contributed by atoms with Gasteiger partial charge < -0.3 is 14.2 Å². The molecule has 1 aliphatic rings. The molecule has 1 aromatic rings. The van der Waals surface area contributed by atoms with Crippen molar-refractivity contribution in [2.45, 2.75) is 39.2 Å². The van der Waals surface area contributed by atoms with E-state index in [0.29, 0.717) is 5.92 Å². The maximum atomic E-state index is 12.0. The van der Waals surface area contributed by atoms with E-state index in [9.17, 15) is 4.79 Å². The number of carbonyl (C=O) groups excluding carboxylic acids is 1. The van der Waals surface area contributed by atoms with E-state index in [0.717, 1.165) is 31.8 Å². The lowest BCUT2D eigenvalue weighted by atomic mass is 10.0. The topological polar surface area (TPSA) is 47.4 Å². The second-order valence-corrected chi connectivity index (χ2v) is 6.24.